The van der Waals surface area contributed by atoms with Crippen molar-refractivity contribution in [1.29, 1.82) is 0 Å². The van der Waals surface area contributed by atoms with Gasteiger partial charge in [-0.2, -0.15) is 0 Å². The van der Waals surface area contributed by atoms with Crippen LogP contribution in [0.5, 0.6) is 0 Å². The normalized spacial score (nSPS) is 11.9. The number of nitrogens with one attached hydrogen (secondary N) is 1. The van der Waals surface area contributed by atoms with Crippen LogP contribution < -0.4 is 5.32 Å². The number of amides is 1. The third-order valence-corrected chi connectivity index (χ3v) is 2.37. The van der Waals surface area contributed by atoms with Crippen LogP contribution in [0.1, 0.15) is 33.4 Å². The summed E-state index contributed by atoms with van der Waals surface area (Å²) in [5.74, 6) is 0.0825. The SMILES string of the molecule is CC(C)C(=O)Nc1cc(C(C)(C)CO)no1. The number of hydrogen-bond donors (Lipinski definition) is 2. The molecule has 1 heterocycles. The molecule has 0 unspecified atom stereocenters. The van der Waals surface area contributed by atoms with Crippen molar-refractivity contribution in [2.45, 2.75) is 33.1 Å². The van der Waals surface area contributed by atoms with Crippen LogP contribution in [0.15, 0.2) is 10.6 Å². The summed E-state index contributed by atoms with van der Waals surface area (Å²) in [7, 11) is 0. The van der Waals surface area contributed by atoms with Gasteiger partial charge in [0.2, 0.25) is 11.8 Å². The van der Waals surface area contributed by atoms with Crippen molar-refractivity contribution < 1.29 is 14.4 Å². The van der Waals surface area contributed by atoms with Crippen LogP contribution in [-0.4, -0.2) is 22.8 Å². The topological polar surface area (TPSA) is 75.4 Å². The molecular formula is C11H18N2O3. The number of nitrogens with zero attached hydrogens (tertiary/aromatic N) is 1. The smallest absolute Gasteiger partial charge is 0.231 e. The largest absolute Gasteiger partial charge is 0.395 e. The highest BCUT2D eigenvalue weighted by Gasteiger charge is 2.24. The molecule has 0 radical (unpaired) electrons. The molecule has 2 N–H and O–H groups in total. The van der Waals surface area contributed by atoms with E-state index in [9.17, 15) is 4.79 Å². The maximum absolute atomic E-state index is 11.4. The van der Waals surface area contributed by atoms with Crippen LogP contribution in [0.25, 0.3) is 0 Å². The number of anilines is 1. The Bertz CT molecular complexity index is 369. The predicted molar refractivity (Wildman–Crippen MR) is 60.1 cm³/mol. The maximum Gasteiger partial charge on any atom is 0.231 e. The van der Waals surface area contributed by atoms with Crippen LogP contribution >= 0.6 is 0 Å². The second-order valence-corrected chi connectivity index (χ2v) is 4.76. The minimum absolute atomic E-state index is 0.0307. The summed E-state index contributed by atoms with van der Waals surface area (Å²) >= 11 is 0. The molecule has 0 aliphatic heterocycles. The molecule has 5 heteroatoms. The van der Waals surface area contributed by atoms with Gasteiger partial charge in [0, 0.05) is 17.4 Å². The lowest BCUT2D eigenvalue weighted by Crippen LogP contribution is -2.22. The molecule has 0 atom stereocenters. The lowest BCUT2D eigenvalue weighted by atomic mass is 9.91. The molecule has 0 saturated carbocycles. The standard InChI is InChI=1S/C11H18N2O3/c1-7(2)10(15)12-9-5-8(13-16-9)11(3,4)6-14/h5,7,14H,6H2,1-4H3,(H,12,15). The fourth-order valence-corrected chi connectivity index (χ4v) is 1.000. The molecule has 0 aliphatic carbocycles. The second kappa shape index (κ2) is 4.65. The third kappa shape index (κ3) is 2.82. The van der Waals surface area contributed by atoms with Crippen LogP contribution in [0.2, 0.25) is 0 Å². The van der Waals surface area contributed by atoms with Crippen LogP contribution in [0.3, 0.4) is 0 Å². The Labute approximate surface area is 94.8 Å². The van der Waals surface area contributed by atoms with E-state index in [1.165, 1.54) is 0 Å². The minimum atomic E-state index is -0.468. The van der Waals surface area contributed by atoms with Crippen LogP contribution in [0.4, 0.5) is 5.88 Å². The minimum Gasteiger partial charge on any atom is -0.395 e. The summed E-state index contributed by atoms with van der Waals surface area (Å²) in [6.07, 6.45) is 0. The van der Waals surface area contributed by atoms with Crippen LogP contribution in [0, 0.1) is 5.92 Å². The first-order valence-electron chi connectivity index (χ1n) is 5.25. The van der Waals surface area contributed by atoms with Crippen molar-refractivity contribution in [2.24, 2.45) is 5.92 Å². The van der Waals surface area contributed by atoms with E-state index < -0.39 is 5.41 Å². The van der Waals surface area contributed by atoms with E-state index >= 15 is 0 Å². The first-order valence-corrected chi connectivity index (χ1v) is 5.25. The van der Waals surface area contributed by atoms with E-state index in [0.29, 0.717) is 11.6 Å². The highest BCUT2D eigenvalue weighted by Crippen LogP contribution is 2.24. The molecule has 0 aliphatic rings. The van der Waals surface area contributed by atoms with Gasteiger partial charge in [-0.05, 0) is 0 Å². The number of rotatable bonds is 4. The van der Waals surface area contributed by atoms with Gasteiger partial charge in [0.05, 0.1) is 12.3 Å². The number of carbonyl (C=O) groups is 1. The van der Waals surface area contributed by atoms with Crippen molar-refractivity contribution in [1.82, 2.24) is 5.16 Å². The van der Waals surface area contributed by atoms with Crippen molar-refractivity contribution >= 4 is 11.8 Å². The monoisotopic (exact) mass is 226 g/mol. The second-order valence-electron chi connectivity index (χ2n) is 4.76. The Morgan fingerprint density at radius 3 is 2.75 bits per heavy atom. The predicted octanol–water partition coefficient (Wildman–Crippen LogP) is 1.54. The zero-order valence-electron chi connectivity index (χ0n) is 10.1. The first kappa shape index (κ1) is 12.7. The summed E-state index contributed by atoms with van der Waals surface area (Å²) in [6.45, 7) is 7.25. The van der Waals surface area contributed by atoms with Crippen molar-refractivity contribution in [3.8, 4) is 0 Å². The molecule has 5 nitrogen and oxygen atoms in total. The average Bonchev–Trinajstić information content (AvgIpc) is 2.66. The Morgan fingerprint density at radius 2 is 2.25 bits per heavy atom. The summed E-state index contributed by atoms with van der Waals surface area (Å²) in [5.41, 5.74) is 0.152. The summed E-state index contributed by atoms with van der Waals surface area (Å²) < 4.78 is 4.98. The maximum atomic E-state index is 11.4. The Hall–Kier alpha value is -1.36. The zero-order chi connectivity index (χ0) is 12.3. The fraction of sp³-hybridized carbons (Fsp3) is 0.636. The van der Waals surface area contributed by atoms with Gasteiger partial charge in [0.25, 0.3) is 0 Å². The van der Waals surface area contributed by atoms with E-state index in [-0.39, 0.29) is 18.4 Å². The Balaban J connectivity index is 2.76. The molecule has 0 aromatic carbocycles. The zero-order valence-corrected chi connectivity index (χ0v) is 10.1. The van der Waals surface area contributed by atoms with E-state index in [1.807, 2.05) is 13.8 Å². The van der Waals surface area contributed by atoms with Gasteiger partial charge in [-0.3, -0.25) is 10.1 Å². The van der Waals surface area contributed by atoms with Crippen LogP contribution in [-0.2, 0) is 10.2 Å². The molecule has 16 heavy (non-hydrogen) atoms. The molecule has 0 saturated heterocycles. The van der Waals surface area contributed by atoms with Gasteiger partial charge in [-0.15, -0.1) is 0 Å². The summed E-state index contributed by atoms with van der Waals surface area (Å²) in [6, 6.07) is 1.64. The van der Waals surface area contributed by atoms with Gasteiger partial charge in [0.1, 0.15) is 0 Å². The highest BCUT2D eigenvalue weighted by atomic mass is 16.5. The third-order valence-electron chi connectivity index (χ3n) is 2.37. The van der Waals surface area contributed by atoms with E-state index in [0.717, 1.165) is 0 Å². The average molecular weight is 226 g/mol. The Morgan fingerprint density at radius 1 is 1.62 bits per heavy atom. The molecule has 0 fully saturated rings. The number of carbonyl (C=O) groups excluding carboxylic acids is 1. The summed E-state index contributed by atoms with van der Waals surface area (Å²) in [5, 5.41) is 15.6. The van der Waals surface area contributed by atoms with Gasteiger partial charge in [0.15, 0.2) is 0 Å². The molecular weight excluding hydrogens is 208 g/mol. The van der Waals surface area contributed by atoms with Crippen molar-refractivity contribution in [3.63, 3.8) is 0 Å². The molecule has 1 aromatic heterocycles. The van der Waals surface area contributed by atoms with E-state index in [1.54, 1.807) is 19.9 Å². The van der Waals surface area contributed by atoms with Gasteiger partial charge < -0.3 is 9.63 Å². The number of aromatic nitrogens is 1. The van der Waals surface area contributed by atoms with Gasteiger partial charge >= 0.3 is 0 Å². The molecule has 0 spiro atoms. The van der Waals surface area contributed by atoms with Crippen molar-refractivity contribution in [2.75, 3.05) is 11.9 Å². The molecule has 1 rings (SSSR count). The van der Waals surface area contributed by atoms with Gasteiger partial charge in [-0.1, -0.05) is 32.9 Å². The molecule has 1 amide bonds. The Kier molecular flexibility index (Phi) is 3.70. The lowest BCUT2D eigenvalue weighted by molar-refractivity contribution is -0.119. The van der Waals surface area contributed by atoms with Crippen molar-refractivity contribution in [3.05, 3.63) is 11.8 Å². The lowest BCUT2D eigenvalue weighted by Gasteiger charge is -2.16. The van der Waals surface area contributed by atoms with E-state index in [2.05, 4.69) is 10.5 Å². The molecule has 90 valence electrons. The number of aliphatic hydroxyl groups excluding tert-OH is 1. The summed E-state index contributed by atoms with van der Waals surface area (Å²) in [4.78, 5) is 11.4. The van der Waals surface area contributed by atoms with E-state index in [4.69, 9.17) is 9.63 Å². The molecule has 1 aromatic rings. The quantitative estimate of drug-likeness (QED) is 0.816. The first-order chi connectivity index (χ1) is 7.36. The van der Waals surface area contributed by atoms with Gasteiger partial charge in [-0.25, -0.2) is 0 Å². The number of hydrogen-bond acceptors (Lipinski definition) is 4. The fourth-order valence-electron chi connectivity index (χ4n) is 1.000. The highest BCUT2D eigenvalue weighted by molar-refractivity contribution is 5.90. The number of aliphatic hydroxyl groups is 1. The molecule has 0 bridgehead atoms.